The van der Waals surface area contributed by atoms with Gasteiger partial charge in [0.15, 0.2) is 0 Å². The van der Waals surface area contributed by atoms with Crippen LogP contribution in [0.25, 0.3) is 10.2 Å². The predicted molar refractivity (Wildman–Crippen MR) is 71.6 cm³/mol. The van der Waals surface area contributed by atoms with Crippen molar-refractivity contribution in [3.05, 3.63) is 26.6 Å². The number of aromatic amines is 1. The highest BCUT2D eigenvalue weighted by molar-refractivity contribution is 7.18. The zero-order valence-electron chi connectivity index (χ0n) is 10.6. The van der Waals surface area contributed by atoms with E-state index in [1.165, 1.54) is 11.3 Å². The molecule has 6 nitrogen and oxygen atoms in total. The number of carboxylic acid groups (broad SMARTS) is 1. The van der Waals surface area contributed by atoms with Gasteiger partial charge in [0.05, 0.1) is 5.39 Å². The molecule has 2 aromatic heterocycles. The van der Waals surface area contributed by atoms with Crippen LogP contribution in [0.15, 0.2) is 4.79 Å². The van der Waals surface area contributed by atoms with Crippen molar-refractivity contribution in [1.82, 2.24) is 9.97 Å². The number of carboxylic acids is 1. The van der Waals surface area contributed by atoms with Gasteiger partial charge in [0.25, 0.3) is 5.56 Å². The van der Waals surface area contributed by atoms with Crippen molar-refractivity contribution in [3.63, 3.8) is 0 Å². The van der Waals surface area contributed by atoms with E-state index < -0.39 is 12.6 Å². The average Bonchev–Trinajstić information content (AvgIpc) is 2.64. The molecule has 0 fully saturated rings. The van der Waals surface area contributed by atoms with Crippen molar-refractivity contribution in [2.24, 2.45) is 0 Å². The fourth-order valence-corrected chi connectivity index (χ4v) is 3.08. The summed E-state index contributed by atoms with van der Waals surface area (Å²) in [6.45, 7) is 3.53. The van der Waals surface area contributed by atoms with Crippen LogP contribution in [0.5, 0.6) is 0 Å². The minimum atomic E-state index is -1.05. The fourth-order valence-electron chi connectivity index (χ4n) is 1.95. The summed E-state index contributed by atoms with van der Waals surface area (Å²) in [4.78, 5) is 31.1. The first-order valence-corrected chi connectivity index (χ1v) is 6.65. The standard InChI is InChI=1S/C12H14N2O4S/c1-3-7-6(2)19-12-10(7)11(17)13-8(14-12)4-18-5-9(15)16/h3-5H2,1-2H3,(H,15,16)(H,13,14,17). The summed E-state index contributed by atoms with van der Waals surface area (Å²) in [5.41, 5.74) is 0.826. The first kappa shape index (κ1) is 13.7. The molecule has 0 atom stereocenters. The number of H-pyrrole nitrogens is 1. The summed E-state index contributed by atoms with van der Waals surface area (Å²) in [6, 6.07) is 0. The molecule has 7 heteroatoms. The number of hydrogen-bond acceptors (Lipinski definition) is 5. The molecule has 102 valence electrons. The maximum Gasteiger partial charge on any atom is 0.329 e. The lowest BCUT2D eigenvalue weighted by Gasteiger charge is -2.01. The van der Waals surface area contributed by atoms with Crippen molar-refractivity contribution in [1.29, 1.82) is 0 Å². The van der Waals surface area contributed by atoms with E-state index in [1.807, 2.05) is 13.8 Å². The lowest BCUT2D eigenvalue weighted by Crippen LogP contribution is -2.14. The number of carbonyl (C=O) groups is 1. The summed E-state index contributed by atoms with van der Waals surface area (Å²) >= 11 is 1.47. The van der Waals surface area contributed by atoms with Crippen LogP contribution in [0.2, 0.25) is 0 Å². The highest BCUT2D eigenvalue weighted by atomic mass is 32.1. The first-order valence-electron chi connectivity index (χ1n) is 5.83. The molecule has 0 saturated carbocycles. The molecule has 0 spiro atoms. The molecule has 0 amide bonds. The van der Waals surface area contributed by atoms with Crippen LogP contribution in [0, 0.1) is 6.92 Å². The summed E-state index contributed by atoms with van der Waals surface area (Å²) in [6.07, 6.45) is 0.783. The minimum absolute atomic E-state index is 0.0180. The predicted octanol–water partition coefficient (Wildman–Crippen LogP) is 1.46. The largest absolute Gasteiger partial charge is 0.480 e. The monoisotopic (exact) mass is 282 g/mol. The van der Waals surface area contributed by atoms with Gasteiger partial charge in [0.2, 0.25) is 0 Å². The summed E-state index contributed by atoms with van der Waals surface area (Å²) in [5, 5.41) is 9.11. The van der Waals surface area contributed by atoms with E-state index >= 15 is 0 Å². The van der Waals surface area contributed by atoms with Crippen LogP contribution < -0.4 is 5.56 Å². The third-order valence-electron chi connectivity index (χ3n) is 2.73. The van der Waals surface area contributed by atoms with Gasteiger partial charge >= 0.3 is 5.97 Å². The summed E-state index contributed by atoms with van der Waals surface area (Å²) in [5.74, 6) is -0.702. The SMILES string of the molecule is CCc1c(C)sc2nc(COCC(=O)O)[nH]c(=O)c12. The molecular weight excluding hydrogens is 268 g/mol. The van der Waals surface area contributed by atoms with E-state index in [1.54, 1.807) is 0 Å². The molecule has 0 aliphatic rings. The van der Waals surface area contributed by atoms with Gasteiger partial charge in [0, 0.05) is 4.88 Å². The van der Waals surface area contributed by atoms with E-state index in [4.69, 9.17) is 9.84 Å². The maximum atomic E-state index is 12.0. The van der Waals surface area contributed by atoms with Gasteiger partial charge in [-0.05, 0) is 18.9 Å². The Kier molecular flexibility index (Phi) is 3.96. The topological polar surface area (TPSA) is 92.3 Å². The first-order chi connectivity index (χ1) is 9.02. The number of fused-ring (bicyclic) bond motifs is 1. The number of aryl methyl sites for hydroxylation is 2. The Hall–Kier alpha value is -1.73. The molecule has 0 radical (unpaired) electrons. The van der Waals surface area contributed by atoms with Crippen LogP contribution in [0.4, 0.5) is 0 Å². The van der Waals surface area contributed by atoms with E-state index in [2.05, 4.69) is 9.97 Å². The molecule has 2 rings (SSSR count). The van der Waals surface area contributed by atoms with Crippen LogP contribution >= 0.6 is 11.3 Å². The highest BCUT2D eigenvalue weighted by Crippen LogP contribution is 2.27. The lowest BCUT2D eigenvalue weighted by atomic mass is 10.1. The van der Waals surface area contributed by atoms with Crippen LogP contribution in [-0.4, -0.2) is 27.7 Å². The molecule has 0 bridgehead atoms. The van der Waals surface area contributed by atoms with Crippen LogP contribution in [0.3, 0.4) is 0 Å². The number of aromatic nitrogens is 2. The molecule has 0 unspecified atom stereocenters. The Labute approximate surface area is 113 Å². The van der Waals surface area contributed by atoms with Gasteiger partial charge in [-0.2, -0.15) is 0 Å². The third kappa shape index (κ3) is 2.82. The Bertz CT molecular complexity index is 674. The van der Waals surface area contributed by atoms with Gasteiger partial charge in [0.1, 0.15) is 23.9 Å². The van der Waals surface area contributed by atoms with Crippen molar-refractivity contribution in [2.75, 3.05) is 6.61 Å². The molecule has 0 aromatic carbocycles. The Morgan fingerprint density at radius 3 is 2.89 bits per heavy atom. The molecule has 0 aliphatic carbocycles. The third-order valence-corrected chi connectivity index (χ3v) is 3.77. The number of aliphatic carboxylic acids is 1. The number of nitrogens with one attached hydrogen (secondary N) is 1. The van der Waals surface area contributed by atoms with Gasteiger partial charge in [-0.1, -0.05) is 6.92 Å². The molecule has 0 aliphatic heterocycles. The zero-order valence-corrected chi connectivity index (χ0v) is 11.5. The number of rotatable bonds is 5. The lowest BCUT2D eigenvalue weighted by molar-refractivity contribution is -0.142. The van der Waals surface area contributed by atoms with Gasteiger partial charge in [-0.15, -0.1) is 11.3 Å². The van der Waals surface area contributed by atoms with Gasteiger partial charge < -0.3 is 14.8 Å². The highest BCUT2D eigenvalue weighted by Gasteiger charge is 2.13. The second kappa shape index (κ2) is 5.50. The normalized spacial score (nSPS) is 11.1. The van der Waals surface area contributed by atoms with Crippen molar-refractivity contribution < 1.29 is 14.6 Å². The van der Waals surface area contributed by atoms with E-state index in [-0.39, 0.29) is 12.2 Å². The van der Waals surface area contributed by atoms with Crippen molar-refractivity contribution in [3.8, 4) is 0 Å². The van der Waals surface area contributed by atoms with Crippen LogP contribution in [0.1, 0.15) is 23.2 Å². The molecular formula is C12H14N2O4S. The summed E-state index contributed by atoms with van der Waals surface area (Å²) in [7, 11) is 0. The second-order valence-corrected chi connectivity index (χ2v) is 5.27. The minimum Gasteiger partial charge on any atom is -0.480 e. The smallest absolute Gasteiger partial charge is 0.329 e. The molecule has 2 heterocycles. The molecule has 0 saturated heterocycles. The van der Waals surface area contributed by atoms with Gasteiger partial charge in [-0.3, -0.25) is 4.79 Å². The fraction of sp³-hybridized carbons (Fsp3) is 0.417. The summed E-state index contributed by atoms with van der Waals surface area (Å²) < 4.78 is 4.92. The quantitative estimate of drug-likeness (QED) is 0.866. The van der Waals surface area contributed by atoms with Crippen molar-refractivity contribution in [2.45, 2.75) is 26.9 Å². The maximum absolute atomic E-state index is 12.0. The Morgan fingerprint density at radius 2 is 2.26 bits per heavy atom. The molecule has 19 heavy (non-hydrogen) atoms. The van der Waals surface area contributed by atoms with E-state index in [0.29, 0.717) is 16.0 Å². The van der Waals surface area contributed by atoms with E-state index in [9.17, 15) is 9.59 Å². The zero-order chi connectivity index (χ0) is 14.0. The number of nitrogens with zero attached hydrogens (tertiary/aromatic N) is 1. The van der Waals surface area contributed by atoms with Crippen molar-refractivity contribution >= 4 is 27.5 Å². The number of thiophene rings is 1. The molecule has 2 aromatic rings. The van der Waals surface area contributed by atoms with E-state index in [0.717, 1.165) is 16.9 Å². The number of hydrogen-bond donors (Lipinski definition) is 2. The Morgan fingerprint density at radius 1 is 1.53 bits per heavy atom. The Balaban J connectivity index is 2.35. The molecule has 2 N–H and O–H groups in total. The number of ether oxygens (including phenoxy) is 1. The average molecular weight is 282 g/mol. The van der Waals surface area contributed by atoms with Gasteiger partial charge in [-0.25, -0.2) is 9.78 Å². The van der Waals surface area contributed by atoms with Crippen LogP contribution in [-0.2, 0) is 22.6 Å². The second-order valence-electron chi connectivity index (χ2n) is 4.07.